The molecule has 0 rings (SSSR count). The molecule has 324 valence electrons. The highest BCUT2D eigenvalue weighted by molar-refractivity contribution is 5.80. The van der Waals surface area contributed by atoms with Crippen molar-refractivity contribution in [1.29, 1.82) is 0 Å². The number of aliphatic hydroxyl groups excluding tert-OH is 3. The summed E-state index contributed by atoms with van der Waals surface area (Å²) in [6.45, 7) is 4.19. The summed E-state index contributed by atoms with van der Waals surface area (Å²) in [7, 11) is 0. The fraction of sp³-hybridized carbons (Fsp3) is 0.860. The Morgan fingerprint density at radius 2 is 0.745 bits per heavy atom. The van der Waals surface area contributed by atoms with Crippen molar-refractivity contribution in [2.45, 2.75) is 270 Å². The first-order valence-corrected chi connectivity index (χ1v) is 24.3. The van der Waals surface area contributed by atoms with Gasteiger partial charge in [-0.05, 0) is 57.8 Å². The molecule has 0 saturated heterocycles. The number of hydrogen-bond acceptors (Lipinski definition) is 4. The van der Waals surface area contributed by atoms with E-state index in [1.165, 1.54) is 193 Å². The third-order valence-corrected chi connectivity index (χ3v) is 11.2. The number of allylic oxidation sites excluding steroid dienone is 5. The highest BCUT2D eigenvalue weighted by atomic mass is 16.3. The molecule has 0 radical (unpaired) electrons. The molecule has 0 saturated carbocycles. The summed E-state index contributed by atoms with van der Waals surface area (Å²) >= 11 is 0. The summed E-state index contributed by atoms with van der Waals surface area (Å²) < 4.78 is 0. The molecular formula is C50H95NO4. The largest absolute Gasteiger partial charge is 0.394 e. The highest BCUT2D eigenvalue weighted by Crippen LogP contribution is 2.15. The first-order chi connectivity index (χ1) is 27.1. The predicted octanol–water partition coefficient (Wildman–Crippen LogP) is 14.3. The number of unbranched alkanes of at least 4 members (excludes halogenated alkanes) is 32. The lowest BCUT2D eigenvalue weighted by Crippen LogP contribution is -2.48. The maximum absolute atomic E-state index is 12.5. The maximum atomic E-state index is 12.5. The van der Waals surface area contributed by atoms with Gasteiger partial charge in [0.05, 0.1) is 18.8 Å². The first kappa shape index (κ1) is 53.6. The lowest BCUT2D eigenvalue weighted by Gasteiger charge is -2.21. The van der Waals surface area contributed by atoms with Gasteiger partial charge in [0, 0.05) is 0 Å². The number of rotatable bonds is 44. The van der Waals surface area contributed by atoms with E-state index in [4.69, 9.17) is 0 Å². The van der Waals surface area contributed by atoms with Crippen molar-refractivity contribution in [3.05, 3.63) is 36.5 Å². The predicted molar refractivity (Wildman–Crippen MR) is 241 cm³/mol. The Morgan fingerprint density at radius 1 is 0.436 bits per heavy atom. The number of hydrogen-bond donors (Lipinski definition) is 4. The van der Waals surface area contributed by atoms with Crippen LogP contribution in [0.2, 0.25) is 0 Å². The lowest BCUT2D eigenvalue weighted by atomic mass is 10.0. The molecule has 3 unspecified atom stereocenters. The number of aliphatic hydroxyl groups is 3. The standard InChI is InChI=1S/C50H95NO4/c1-3-5-7-9-11-13-15-17-19-21-23-24-25-27-29-31-33-35-37-39-41-43-45-49(54)50(55)51-47(46-52)48(53)44-42-40-38-36-34-32-30-28-26-22-20-18-16-14-12-10-8-6-4-2/h27,29,34,36,42,44,47-49,52-54H,3-26,28,30-33,35,37-41,43,45-46H2,1-2H3,(H,51,55)/b29-27-,36-34+,44-42+. The molecule has 0 aromatic heterocycles. The minimum absolute atomic E-state index is 0.377. The SMILES string of the molecule is CCCCCCCCCCCCCC/C=C\CCCCCCCCC(O)C(=O)NC(CO)C(O)/C=C/CC/C=C/CCCCCCCCCCCCCCC. The van der Waals surface area contributed by atoms with Gasteiger partial charge in [-0.2, -0.15) is 0 Å². The zero-order valence-corrected chi connectivity index (χ0v) is 36.8. The monoisotopic (exact) mass is 774 g/mol. The van der Waals surface area contributed by atoms with Crippen molar-refractivity contribution in [2.75, 3.05) is 6.61 Å². The van der Waals surface area contributed by atoms with Gasteiger partial charge in [-0.1, -0.05) is 230 Å². The number of carbonyl (C=O) groups excluding carboxylic acids is 1. The van der Waals surface area contributed by atoms with Gasteiger partial charge < -0.3 is 20.6 Å². The zero-order valence-electron chi connectivity index (χ0n) is 36.8. The van der Waals surface area contributed by atoms with Crippen molar-refractivity contribution in [3.8, 4) is 0 Å². The Kier molecular flexibility index (Phi) is 44.1. The van der Waals surface area contributed by atoms with Crippen LogP contribution in [0.25, 0.3) is 0 Å². The van der Waals surface area contributed by atoms with Crippen molar-refractivity contribution in [2.24, 2.45) is 0 Å². The molecule has 0 aromatic rings. The van der Waals surface area contributed by atoms with Gasteiger partial charge in [0.15, 0.2) is 0 Å². The van der Waals surface area contributed by atoms with Crippen LogP contribution in [0, 0.1) is 0 Å². The number of carbonyl (C=O) groups is 1. The molecule has 55 heavy (non-hydrogen) atoms. The lowest BCUT2D eigenvalue weighted by molar-refractivity contribution is -0.131. The minimum atomic E-state index is -1.11. The summed E-state index contributed by atoms with van der Waals surface area (Å²) in [4.78, 5) is 12.5. The topological polar surface area (TPSA) is 89.8 Å². The van der Waals surface area contributed by atoms with Gasteiger partial charge in [0.1, 0.15) is 6.10 Å². The van der Waals surface area contributed by atoms with Crippen LogP contribution in [-0.4, -0.2) is 46.1 Å². The van der Waals surface area contributed by atoms with E-state index in [-0.39, 0.29) is 6.61 Å². The Bertz CT molecular complexity index is 855. The molecule has 0 aliphatic rings. The van der Waals surface area contributed by atoms with Gasteiger partial charge in [0.25, 0.3) is 0 Å². The van der Waals surface area contributed by atoms with Crippen molar-refractivity contribution in [3.63, 3.8) is 0 Å². The molecule has 5 heteroatoms. The van der Waals surface area contributed by atoms with E-state index >= 15 is 0 Å². The van der Waals surface area contributed by atoms with Crippen LogP contribution in [0.15, 0.2) is 36.5 Å². The Hall–Kier alpha value is -1.43. The summed E-state index contributed by atoms with van der Waals surface area (Å²) in [6.07, 6.45) is 57.6. The fourth-order valence-corrected chi connectivity index (χ4v) is 7.37. The van der Waals surface area contributed by atoms with Crippen LogP contribution in [0.3, 0.4) is 0 Å². The van der Waals surface area contributed by atoms with Gasteiger partial charge in [0.2, 0.25) is 5.91 Å². The Morgan fingerprint density at radius 3 is 1.11 bits per heavy atom. The van der Waals surface area contributed by atoms with E-state index in [2.05, 4.69) is 43.5 Å². The van der Waals surface area contributed by atoms with Crippen LogP contribution >= 0.6 is 0 Å². The first-order valence-electron chi connectivity index (χ1n) is 24.3. The van der Waals surface area contributed by atoms with E-state index in [0.29, 0.717) is 6.42 Å². The van der Waals surface area contributed by atoms with E-state index in [0.717, 1.165) is 38.5 Å². The van der Waals surface area contributed by atoms with Crippen LogP contribution in [0.4, 0.5) is 0 Å². The normalized spacial score (nSPS) is 13.8. The molecule has 0 aliphatic heterocycles. The van der Waals surface area contributed by atoms with Gasteiger partial charge in [-0.25, -0.2) is 0 Å². The highest BCUT2D eigenvalue weighted by Gasteiger charge is 2.22. The quantitative estimate of drug-likeness (QED) is 0.0367. The van der Waals surface area contributed by atoms with E-state index < -0.39 is 24.2 Å². The van der Waals surface area contributed by atoms with E-state index in [9.17, 15) is 20.1 Å². The molecule has 5 nitrogen and oxygen atoms in total. The second-order valence-electron chi connectivity index (χ2n) is 16.7. The summed E-state index contributed by atoms with van der Waals surface area (Å²) in [6, 6.07) is -0.817. The molecule has 0 heterocycles. The second-order valence-corrected chi connectivity index (χ2v) is 16.7. The molecule has 4 N–H and O–H groups in total. The molecule has 0 spiro atoms. The third-order valence-electron chi connectivity index (χ3n) is 11.2. The molecular weight excluding hydrogens is 679 g/mol. The van der Waals surface area contributed by atoms with Gasteiger partial charge in [-0.15, -0.1) is 0 Å². The maximum Gasteiger partial charge on any atom is 0.249 e. The van der Waals surface area contributed by atoms with Crippen LogP contribution < -0.4 is 5.32 Å². The molecule has 0 bridgehead atoms. The zero-order chi connectivity index (χ0) is 40.1. The summed E-state index contributed by atoms with van der Waals surface area (Å²) in [5.74, 6) is -0.516. The summed E-state index contributed by atoms with van der Waals surface area (Å²) in [5.41, 5.74) is 0. The number of amides is 1. The molecule has 1 amide bonds. The molecule has 0 aliphatic carbocycles. The summed E-state index contributed by atoms with van der Waals surface area (Å²) in [5, 5.41) is 33.2. The van der Waals surface area contributed by atoms with Crippen molar-refractivity contribution >= 4 is 5.91 Å². The third kappa shape index (κ3) is 40.6. The van der Waals surface area contributed by atoms with Crippen LogP contribution in [0.1, 0.15) is 251 Å². The Balaban J connectivity index is 3.68. The van der Waals surface area contributed by atoms with Crippen LogP contribution in [-0.2, 0) is 4.79 Å². The van der Waals surface area contributed by atoms with Crippen molar-refractivity contribution < 1.29 is 20.1 Å². The smallest absolute Gasteiger partial charge is 0.249 e. The average Bonchev–Trinajstić information content (AvgIpc) is 3.19. The van der Waals surface area contributed by atoms with Crippen molar-refractivity contribution in [1.82, 2.24) is 5.32 Å². The van der Waals surface area contributed by atoms with E-state index in [1.54, 1.807) is 6.08 Å². The molecule has 0 aromatic carbocycles. The molecule has 0 fully saturated rings. The van der Waals surface area contributed by atoms with Crippen LogP contribution in [0.5, 0.6) is 0 Å². The fourth-order valence-electron chi connectivity index (χ4n) is 7.37. The van der Waals surface area contributed by atoms with Gasteiger partial charge in [-0.3, -0.25) is 4.79 Å². The van der Waals surface area contributed by atoms with E-state index in [1.807, 2.05) is 6.08 Å². The second kappa shape index (κ2) is 45.3. The number of nitrogens with one attached hydrogen (secondary N) is 1. The van der Waals surface area contributed by atoms with Gasteiger partial charge >= 0.3 is 0 Å². The average molecular weight is 774 g/mol. The molecule has 3 atom stereocenters. The minimum Gasteiger partial charge on any atom is -0.394 e. The Labute approximate surface area is 343 Å².